The van der Waals surface area contributed by atoms with E-state index < -0.39 is 11.0 Å². The van der Waals surface area contributed by atoms with E-state index in [0.29, 0.717) is 24.3 Å². The minimum atomic E-state index is -0.667. The number of benzene rings is 1. The highest BCUT2D eigenvalue weighted by atomic mass is 35.5. The number of nitrogens with zero attached hydrogens (tertiary/aromatic N) is 1. The third-order valence-corrected chi connectivity index (χ3v) is 6.39. The lowest BCUT2D eigenvalue weighted by atomic mass is 9.76. The molecule has 1 aromatic rings. The van der Waals surface area contributed by atoms with Crippen molar-refractivity contribution >= 4 is 23.4 Å². The van der Waals surface area contributed by atoms with Crippen LogP contribution in [0.15, 0.2) is 18.2 Å². The monoisotopic (exact) mass is 387 g/mol. The topological polar surface area (TPSA) is 67.2 Å². The van der Waals surface area contributed by atoms with Crippen molar-refractivity contribution in [2.24, 2.45) is 5.92 Å². The number of ether oxygens (including phenoxy) is 1. The fourth-order valence-corrected chi connectivity index (χ4v) is 4.96. The van der Waals surface area contributed by atoms with Gasteiger partial charge in [0.25, 0.3) is 0 Å². The maximum atomic E-state index is 12.1. The molecule has 1 saturated heterocycles. The molecule has 2 aliphatic rings. The summed E-state index contributed by atoms with van der Waals surface area (Å²) in [5, 5.41) is 9.91. The van der Waals surface area contributed by atoms with Crippen molar-refractivity contribution < 1.29 is 14.3 Å². The van der Waals surface area contributed by atoms with Gasteiger partial charge in [-0.3, -0.25) is 9.59 Å². The predicted octanol–water partition coefficient (Wildman–Crippen LogP) is 4.91. The predicted molar refractivity (Wildman–Crippen MR) is 103 cm³/mol. The summed E-state index contributed by atoms with van der Waals surface area (Å²) in [5.41, 5.74) is 0.524. The standard InChI is InChI=1S/C22H26ClNO3/c1-21(2,14-24)18-8-7-15(11-19(18)23)9-10-22(16-5-3-4-6-16)13-17(25)12-20(26)27-22/h7-8,11,16H,3-6,9-10,12-13H2,1-2H3/t22-/m0/s1. The van der Waals surface area contributed by atoms with Gasteiger partial charge in [0.15, 0.2) is 0 Å². The fraction of sp³-hybridized carbons (Fsp3) is 0.591. The Morgan fingerprint density at radius 2 is 2.00 bits per heavy atom. The second-order valence-corrected chi connectivity index (χ2v) is 8.87. The Morgan fingerprint density at radius 1 is 1.30 bits per heavy atom. The summed E-state index contributed by atoms with van der Waals surface area (Å²) in [5.74, 6) is -0.137. The van der Waals surface area contributed by atoms with Gasteiger partial charge in [0.1, 0.15) is 17.8 Å². The molecule has 1 aromatic carbocycles. The molecule has 3 rings (SSSR count). The largest absolute Gasteiger partial charge is 0.458 e. The van der Waals surface area contributed by atoms with Gasteiger partial charge in [-0.25, -0.2) is 0 Å². The number of nitriles is 1. The van der Waals surface area contributed by atoms with Gasteiger partial charge in [-0.15, -0.1) is 0 Å². The quantitative estimate of drug-likeness (QED) is 0.531. The van der Waals surface area contributed by atoms with Crippen LogP contribution < -0.4 is 0 Å². The molecule has 5 heteroatoms. The number of cyclic esters (lactones) is 1. The van der Waals surface area contributed by atoms with Crippen molar-refractivity contribution in [1.29, 1.82) is 5.26 Å². The Hall–Kier alpha value is -1.86. The van der Waals surface area contributed by atoms with E-state index >= 15 is 0 Å². The molecule has 1 aliphatic carbocycles. The highest BCUT2D eigenvalue weighted by molar-refractivity contribution is 6.31. The molecule has 1 saturated carbocycles. The maximum Gasteiger partial charge on any atom is 0.313 e. The van der Waals surface area contributed by atoms with Crippen molar-refractivity contribution in [2.75, 3.05) is 0 Å². The minimum Gasteiger partial charge on any atom is -0.458 e. The van der Waals surface area contributed by atoms with Gasteiger partial charge >= 0.3 is 5.97 Å². The summed E-state index contributed by atoms with van der Waals surface area (Å²) in [7, 11) is 0. The Labute approximate surface area is 165 Å². The van der Waals surface area contributed by atoms with E-state index in [9.17, 15) is 14.9 Å². The summed E-state index contributed by atoms with van der Waals surface area (Å²) >= 11 is 6.43. The van der Waals surface area contributed by atoms with Gasteiger partial charge in [0.05, 0.1) is 11.5 Å². The van der Waals surface area contributed by atoms with Crippen LogP contribution in [0, 0.1) is 17.2 Å². The van der Waals surface area contributed by atoms with Gasteiger partial charge in [-0.2, -0.15) is 5.26 Å². The van der Waals surface area contributed by atoms with Crippen molar-refractivity contribution in [3.8, 4) is 6.07 Å². The van der Waals surface area contributed by atoms with Gasteiger partial charge in [-0.05, 0) is 62.6 Å². The molecular weight excluding hydrogens is 362 g/mol. The molecule has 1 atom stereocenters. The zero-order valence-corrected chi connectivity index (χ0v) is 16.8. The molecular formula is C22H26ClNO3. The molecule has 27 heavy (non-hydrogen) atoms. The Morgan fingerprint density at radius 3 is 2.59 bits per heavy atom. The first-order chi connectivity index (χ1) is 12.8. The van der Waals surface area contributed by atoms with Crippen LogP contribution in [0.5, 0.6) is 0 Å². The second kappa shape index (κ2) is 7.64. The van der Waals surface area contributed by atoms with Gasteiger partial charge in [-0.1, -0.05) is 36.6 Å². The molecule has 0 spiro atoms. The molecule has 144 valence electrons. The molecule has 2 fully saturated rings. The summed E-state index contributed by atoms with van der Waals surface area (Å²) in [4.78, 5) is 24.2. The van der Waals surface area contributed by atoms with Crippen LogP contribution in [0.2, 0.25) is 5.02 Å². The van der Waals surface area contributed by atoms with E-state index in [4.69, 9.17) is 16.3 Å². The molecule has 0 bridgehead atoms. The zero-order chi connectivity index (χ0) is 19.7. The summed E-state index contributed by atoms with van der Waals surface area (Å²) in [6.45, 7) is 3.69. The molecule has 0 radical (unpaired) electrons. The van der Waals surface area contributed by atoms with E-state index in [-0.39, 0.29) is 24.1 Å². The summed E-state index contributed by atoms with van der Waals surface area (Å²) in [6, 6.07) is 8.05. The SMILES string of the molecule is CC(C)(C#N)c1ccc(CC[C@@]2(C3CCCC3)CC(=O)CC(=O)O2)cc1Cl. The van der Waals surface area contributed by atoms with E-state index in [0.717, 1.165) is 36.8 Å². The molecule has 0 N–H and O–H groups in total. The highest BCUT2D eigenvalue weighted by Gasteiger charge is 2.47. The summed E-state index contributed by atoms with van der Waals surface area (Å²) < 4.78 is 5.84. The molecule has 0 aromatic heterocycles. The Balaban J connectivity index is 1.80. The van der Waals surface area contributed by atoms with Crippen LogP contribution in [-0.2, 0) is 26.2 Å². The van der Waals surface area contributed by atoms with Crippen LogP contribution in [0.4, 0.5) is 0 Å². The number of hydrogen-bond donors (Lipinski definition) is 0. The molecule has 4 nitrogen and oxygen atoms in total. The Bertz CT molecular complexity index is 771. The fourth-order valence-electron chi connectivity index (χ4n) is 4.52. The van der Waals surface area contributed by atoms with Crippen LogP contribution in [0.3, 0.4) is 0 Å². The lowest BCUT2D eigenvalue weighted by Crippen LogP contribution is -2.48. The number of carbonyl (C=O) groups is 2. The number of rotatable bonds is 5. The number of hydrogen-bond acceptors (Lipinski definition) is 4. The van der Waals surface area contributed by atoms with Crippen molar-refractivity contribution in [2.45, 2.75) is 76.2 Å². The highest BCUT2D eigenvalue weighted by Crippen LogP contribution is 2.44. The third-order valence-electron chi connectivity index (χ3n) is 6.08. The lowest BCUT2D eigenvalue weighted by Gasteiger charge is -2.41. The summed E-state index contributed by atoms with van der Waals surface area (Å²) in [6.07, 6.45) is 5.82. The number of carbonyl (C=O) groups excluding carboxylic acids is 2. The maximum absolute atomic E-state index is 12.1. The van der Waals surface area contributed by atoms with Crippen LogP contribution in [0.1, 0.15) is 69.9 Å². The molecule has 0 unspecified atom stereocenters. The van der Waals surface area contributed by atoms with Crippen LogP contribution in [-0.4, -0.2) is 17.4 Å². The van der Waals surface area contributed by atoms with Crippen molar-refractivity contribution in [3.05, 3.63) is 34.3 Å². The minimum absolute atomic E-state index is 0.0118. The number of halogens is 1. The first-order valence-corrected chi connectivity index (χ1v) is 10.1. The van der Waals surface area contributed by atoms with Crippen molar-refractivity contribution in [3.63, 3.8) is 0 Å². The first kappa shape index (κ1) is 19.9. The normalized spacial score (nSPS) is 23.9. The van der Waals surface area contributed by atoms with Crippen LogP contribution in [0.25, 0.3) is 0 Å². The lowest BCUT2D eigenvalue weighted by molar-refractivity contribution is -0.178. The van der Waals surface area contributed by atoms with Crippen LogP contribution >= 0.6 is 11.6 Å². The van der Waals surface area contributed by atoms with Gasteiger partial charge in [0.2, 0.25) is 0 Å². The second-order valence-electron chi connectivity index (χ2n) is 8.46. The number of Topliss-reactive ketones (excluding diaryl/α,β-unsaturated/α-hetero) is 1. The van der Waals surface area contributed by atoms with E-state index in [2.05, 4.69) is 6.07 Å². The van der Waals surface area contributed by atoms with Crippen molar-refractivity contribution in [1.82, 2.24) is 0 Å². The van der Waals surface area contributed by atoms with E-state index in [1.165, 1.54) is 0 Å². The number of esters is 1. The first-order valence-electron chi connectivity index (χ1n) is 9.69. The molecule has 1 aliphatic heterocycles. The third kappa shape index (κ3) is 4.19. The Kier molecular flexibility index (Phi) is 5.63. The van der Waals surface area contributed by atoms with Gasteiger partial charge in [0, 0.05) is 11.4 Å². The molecule has 0 amide bonds. The molecule has 1 heterocycles. The van der Waals surface area contributed by atoms with E-state index in [1.807, 2.05) is 32.0 Å². The number of aryl methyl sites for hydroxylation is 1. The van der Waals surface area contributed by atoms with E-state index in [1.54, 1.807) is 0 Å². The average Bonchev–Trinajstić information content (AvgIpc) is 3.14. The zero-order valence-electron chi connectivity index (χ0n) is 16.0. The van der Waals surface area contributed by atoms with Gasteiger partial charge < -0.3 is 4.74 Å². The smallest absolute Gasteiger partial charge is 0.313 e. The average molecular weight is 388 g/mol. The number of ketones is 1.